The molecule has 36 heavy (non-hydrogen) atoms. The second kappa shape index (κ2) is 11.3. The molecule has 1 aromatic carbocycles. The molecule has 196 valence electrons. The lowest BCUT2D eigenvalue weighted by Crippen LogP contribution is -2.62. The number of carbonyl (C=O) groups is 3. The van der Waals surface area contributed by atoms with Gasteiger partial charge in [-0.3, -0.25) is 9.59 Å². The molecule has 1 aromatic rings. The fourth-order valence-corrected chi connectivity index (χ4v) is 5.34. The number of primary amides is 1. The summed E-state index contributed by atoms with van der Waals surface area (Å²) < 4.78 is 4.51. The molecule has 1 aliphatic carbocycles. The number of carbonyl (C=O) groups excluding carboxylic acids is 3. The van der Waals surface area contributed by atoms with Gasteiger partial charge in [0.05, 0.1) is 5.54 Å². The van der Waals surface area contributed by atoms with Crippen LogP contribution in [0.4, 0.5) is 10.5 Å². The van der Waals surface area contributed by atoms with Gasteiger partial charge < -0.3 is 26.0 Å². The third-order valence-corrected chi connectivity index (χ3v) is 7.80. The molecule has 0 spiro atoms. The van der Waals surface area contributed by atoms with Crippen LogP contribution in [-0.2, 0) is 14.3 Å². The molecule has 1 aliphatic heterocycles. The van der Waals surface area contributed by atoms with Crippen molar-refractivity contribution < 1.29 is 19.1 Å². The van der Waals surface area contributed by atoms with Gasteiger partial charge in [0.15, 0.2) is 6.61 Å². The van der Waals surface area contributed by atoms with Crippen molar-refractivity contribution in [2.75, 3.05) is 11.5 Å². The van der Waals surface area contributed by atoms with Crippen LogP contribution in [-0.4, -0.2) is 42.1 Å². The molecule has 0 radical (unpaired) electrons. The molecule has 2 aliphatic rings. The van der Waals surface area contributed by atoms with Crippen LogP contribution in [0.15, 0.2) is 24.3 Å². The van der Waals surface area contributed by atoms with E-state index < -0.39 is 6.09 Å². The average molecular weight is 497 g/mol. The van der Waals surface area contributed by atoms with E-state index in [1.54, 1.807) is 0 Å². The number of nitrogens with one attached hydrogen (secondary N) is 2. The number of ether oxygens (including phenoxy) is 1. The molecule has 0 unspecified atom stereocenters. The summed E-state index contributed by atoms with van der Waals surface area (Å²) in [5, 5.41) is 6.85. The van der Waals surface area contributed by atoms with E-state index in [2.05, 4.69) is 67.0 Å². The molecule has 8 heteroatoms. The van der Waals surface area contributed by atoms with E-state index in [-0.39, 0.29) is 41.5 Å². The van der Waals surface area contributed by atoms with E-state index in [9.17, 15) is 14.4 Å². The zero-order chi connectivity index (χ0) is 26.5. The lowest BCUT2D eigenvalue weighted by molar-refractivity contribution is -0.121. The van der Waals surface area contributed by atoms with Crippen molar-refractivity contribution in [3.63, 3.8) is 0 Å². The molecule has 3 rings (SSSR count). The monoisotopic (exact) mass is 496 g/mol. The van der Waals surface area contributed by atoms with Crippen molar-refractivity contribution >= 4 is 23.6 Å². The molecule has 8 nitrogen and oxygen atoms in total. The van der Waals surface area contributed by atoms with Crippen LogP contribution in [0.5, 0.6) is 0 Å². The maximum Gasteiger partial charge on any atom is 0.405 e. The van der Waals surface area contributed by atoms with E-state index >= 15 is 0 Å². The highest BCUT2D eigenvalue weighted by Gasteiger charge is 2.50. The largest absolute Gasteiger partial charge is 0.437 e. The van der Waals surface area contributed by atoms with Gasteiger partial charge in [-0.15, -0.1) is 0 Å². The van der Waals surface area contributed by atoms with Gasteiger partial charge in [-0.2, -0.15) is 0 Å². The smallest absolute Gasteiger partial charge is 0.405 e. The van der Waals surface area contributed by atoms with Gasteiger partial charge in [0, 0.05) is 30.2 Å². The minimum Gasteiger partial charge on any atom is -0.437 e. The Balaban J connectivity index is 1.68. The maximum absolute atomic E-state index is 13.2. The lowest BCUT2D eigenvalue weighted by atomic mass is 9.66. The molecular formula is C28H40N4O4. The number of rotatable bonds is 5. The summed E-state index contributed by atoms with van der Waals surface area (Å²) in [7, 11) is 0. The fourth-order valence-electron chi connectivity index (χ4n) is 5.34. The van der Waals surface area contributed by atoms with Crippen LogP contribution in [0.25, 0.3) is 0 Å². The van der Waals surface area contributed by atoms with Crippen molar-refractivity contribution in [3.05, 3.63) is 29.8 Å². The van der Waals surface area contributed by atoms with Gasteiger partial charge in [-0.05, 0) is 62.0 Å². The van der Waals surface area contributed by atoms with Crippen LogP contribution >= 0.6 is 0 Å². The number of hydrogen-bond acceptors (Lipinski definition) is 5. The molecule has 0 bridgehead atoms. The Morgan fingerprint density at radius 2 is 1.78 bits per heavy atom. The Hall–Kier alpha value is -3.05. The first-order chi connectivity index (χ1) is 17.0. The van der Waals surface area contributed by atoms with Crippen LogP contribution in [0.1, 0.15) is 84.7 Å². The summed E-state index contributed by atoms with van der Waals surface area (Å²) in [6.45, 7) is 10.6. The molecule has 0 saturated heterocycles. The molecule has 1 fully saturated rings. The zero-order valence-electron chi connectivity index (χ0n) is 22.1. The molecule has 2 atom stereocenters. The number of nitrogens with two attached hydrogens (primary N) is 1. The summed E-state index contributed by atoms with van der Waals surface area (Å²) in [6.07, 6.45) is 3.97. The number of hydrogen-bond donors (Lipinski definition) is 3. The van der Waals surface area contributed by atoms with Crippen molar-refractivity contribution in [1.82, 2.24) is 10.6 Å². The normalized spacial score (nSPS) is 25.7. The predicted octanol–water partition coefficient (Wildman–Crippen LogP) is 3.79. The predicted molar refractivity (Wildman–Crippen MR) is 140 cm³/mol. The number of para-hydroxylation sites is 1. The highest BCUT2D eigenvalue weighted by atomic mass is 16.5. The standard InChI is InChI=1S/C28H40N4O4/c1-6-25(34)32-23-11-8-7-10-21(23)22(18-28(32,5)27(2,3)4)30-19-13-15-20(16-14-19)31-24(33)12-9-17-36-26(29)35/h7-8,10-11,19-20,22,30H,6,13-18H2,1-5H3,(H2,29,35)(H,31,33)/t19?,20?,22-,28+/m1/s1. The first kappa shape index (κ1) is 27.5. The molecule has 1 saturated carbocycles. The number of benzene rings is 1. The van der Waals surface area contributed by atoms with Gasteiger partial charge in [-0.25, -0.2) is 4.79 Å². The Morgan fingerprint density at radius 1 is 1.14 bits per heavy atom. The van der Waals surface area contributed by atoms with E-state index in [1.165, 1.54) is 5.56 Å². The Labute approximate surface area is 214 Å². The molecule has 0 aromatic heterocycles. The Kier molecular flexibility index (Phi) is 8.67. The van der Waals surface area contributed by atoms with Crippen LogP contribution < -0.4 is 21.3 Å². The van der Waals surface area contributed by atoms with Gasteiger partial charge in [0.25, 0.3) is 5.91 Å². The summed E-state index contributed by atoms with van der Waals surface area (Å²) in [5.74, 6) is 4.70. The third-order valence-electron chi connectivity index (χ3n) is 7.80. The zero-order valence-corrected chi connectivity index (χ0v) is 22.1. The third kappa shape index (κ3) is 6.19. The fraction of sp³-hybridized carbons (Fsp3) is 0.607. The van der Waals surface area contributed by atoms with Crippen LogP contribution in [0.2, 0.25) is 0 Å². The number of nitrogens with zero attached hydrogens (tertiary/aromatic N) is 1. The van der Waals surface area contributed by atoms with E-state index in [0.29, 0.717) is 12.5 Å². The Morgan fingerprint density at radius 3 is 2.39 bits per heavy atom. The van der Waals surface area contributed by atoms with Gasteiger partial charge in [0.2, 0.25) is 5.91 Å². The minimum atomic E-state index is -0.913. The van der Waals surface area contributed by atoms with E-state index in [0.717, 1.165) is 37.8 Å². The highest BCUT2D eigenvalue weighted by molar-refractivity contribution is 5.96. The SMILES string of the molecule is CCC(=O)N1c2ccccc2[C@H](NC2CCC(NC(=O)C#CCOC(N)=O)CC2)C[C@@]1(C)C(C)(C)C. The molecule has 1 heterocycles. The first-order valence-electron chi connectivity index (χ1n) is 12.9. The van der Waals surface area contributed by atoms with Crippen molar-refractivity contribution in [1.29, 1.82) is 0 Å². The quantitative estimate of drug-likeness (QED) is 0.537. The maximum atomic E-state index is 13.2. The summed E-state index contributed by atoms with van der Waals surface area (Å²) in [6, 6.07) is 8.79. The lowest BCUT2D eigenvalue weighted by Gasteiger charge is -2.55. The van der Waals surface area contributed by atoms with Crippen molar-refractivity contribution in [3.8, 4) is 11.8 Å². The summed E-state index contributed by atoms with van der Waals surface area (Å²) in [4.78, 5) is 37.8. The number of fused-ring (bicyclic) bond motifs is 1. The second-order valence-corrected chi connectivity index (χ2v) is 11.0. The average Bonchev–Trinajstić information content (AvgIpc) is 2.82. The van der Waals surface area contributed by atoms with Crippen LogP contribution in [0.3, 0.4) is 0 Å². The number of amides is 3. The van der Waals surface area contributed by atoms with E-state index in [1.807, 2.05) is 24.0 Å². The van der Waals surface area contributed by atoms with Gasteiger partial charge in [-0.1, -0.05) is 51.8 Å². The molecule has 3 amide bonds. The Bertz CT molecular complexity index is 1030. The summed E-state index contributed by atoms with van der Waals surface area (Å²) >= 11 is 0. The summed E-state index contributed by atoms with van der Waals surface area (Å²) in [5.41, 5.74) is 6.60. The van der Waals surface area contributed by atoms with Gasteiger partial charge >= 0.3 is 6.09 Å². The van der Waals surface area contributed by atoms with Crippen molar-refractivity contribution in [2.24, 2.45) is 11.1 Å². The van der Waals surface area contributed by atoms with Crippen LogP contribution in [0, 0.1) is 17.3 Å². The topological polar surface area (TPSA) is 114 Å². The minimum absolute atomic E-state index is 0.0676. The molecule has 4 N–H and O–H groups in total. The van der Waals surface area contributed by atoms with E-state index in [4.69, 9.17) is 5.73 Å². The van der Waals surface area contributed by atoms with Crippen molar-refractivity contribution in [2.45, 2.75) is 96.8 Å². The second-order valence-electron chi connectivity index (χ2n) is 11.0. The van der Waals surface area contributed by atoms with Gasteiger partial charge in [0.1, 0.15) is 0 Å². The number of anilines is 1. The highest BCUT2D eigenvalue weighted by Crippen LogP contribution is 2.50. The first-order valence-corrected chi connectivity index (χ1v) is 12.9. The molecular weight excluding hydrogens is 456 g/mol.